The Kier molecular flexibility index (Phi) is 24.9. The van der Waals surface area contributed by atoms with Gasteiger partial charge >= 0.3 is 5.97 Å². The summed E-state index contributed by atoms with van der Waals surface area (Å²) in [5, 5.41) is 52.6. The van der Waals surface area contributed by atoms with E-state index in [0.717, 1.165) is 10.9 Å². The second kappa shape index (κ2) is 31.4. The van der Waals surface area contributed by atoms with Crippen molar-refractivity contribution in [3.63, 3.8) is 0 Å². The minimum Gasteiger partial charge on any atom is -0.480 e. The van der Waals surface area contributed by atoms with E-state index >= 15 is 0 Å². The van der Waals surface area contributed by atoms with Gasteiger partial charge in [-0.1, -0.05) is 48.5 Å². The van der Waals surface area contributed by atoms with Crippen LogP contribution in [-0.4, -0.2) is 144 Å². The van der Waals surface area contributed by atoms with E-state index in [2.05, 4.69) is 58.2 Å². The molecule has 0 bridgehead atoms. The first-order chi connectivity index (χ1) is 36.3. The lowest BCUT2D eigenvalue weighted by Gasteiger charge is -2.28. The topological polar surface area (TPSA) is 436 Å². The van der Waals surface area contributed by atoms with Gasteiger partial charge < -0.3 is 80.5 Å². The number of aromatic nitrogens is 1. The van der Waals surface area contributed by atoms with Crippen molar-refractivity contribution in [2.45, 2.75) is 133 Å². The monoisotopic (exact) mass is 1060 g/mol. The maximum absolute atomic E-state index is 14.6. The largest absolute Gasteiger partial charge is 0.480 e. The van der Waals surface area contributed by atoms with Gasteiger partial charge in [0, 0.05) is 62.9 Å². The third kappa shape index (κ3) is 20.9. The molecule has 0 aliphatic carbocycles. The van der Waals surface area contributed by atoms with Crippen LogP contribution in [0.25, 0.3) is 10.9 Å². The van der Waals surface area contributed by atoms with Crippen molar-refractivity contribution in [1.29, 1.82) is 10.8 Å². The second-order valence-corrected chi connectivity index (χ2v) is 18.5. The molecule has 1 saturated heterocycles. The molecule has 3 aromatic rings. The number of nitrogens with one attached hydrogen (secondary N) is 13. The molecule has 414 valence electrons. The molecule has 1 fully saturated rings. The standard InChI is InChI=1S/C50H74N16O10/c1-29(67)60-34(17-9-24-57-49(52)53)42(69)63-37-20-21-41(68)56-23-11-19-38(48(75)76)64-47(74)40(27-31-28-59-33-15-6-5-14-32(31)33)66-44(71)36(18-10-25-58-50(54)55)62-46(73)39(26-30-12-3-2-4-13-30)65-43(70)35(61-45(37)72)16-7-8-22-51/h2-6,12-15,28,34-40,59H,7-11,16-27,51H2,1H3,(H,56,68)(H,60,67)(H,61,72)(H,62,73)(H,63,69)(H,64,74)(H,65,70)(H,66,71)(H,75,76)(H4,52,53,57)(H4,54,55,58)/t34-,35-,36?,37-,38-,39+,40-/m0/s1. The molecule has 1 aliphatic rings. The van der Waals surface area contributed by atoms with Gasteiger partial charge in [0.2, 0.25) is 47.3 Å². The van der Waals surface area contributed by atoms with Gasteiger partial charge in [0.1, 0.15) is 42.3 Å². The fourth-order valence-electron chi connectivity index (χ4n) is 8.45. The Balaban J connectivity index is 1.77. The number of H-pyrrole nitrogens is 1. The van der Waals surface area contributed by atoms with Crippen LogP contribution in [0, 0.1) is 10.8 Å². The zero-order valence-electron chi connectivity index (χ0n) is 42.7. The van der Waals surface area contributed by atoms with Crippen LogP contribution in [0.15, 0.2) is 60.8 Å². The van der Waals surface area contributed by atoms with Gasteiger partial charge in [0.25, 0.3) is 0 Å². The molecule has 1 aromatic heterocycles. The quantitative estimate of drug-likeness (QED) is 0.0324. The molecule has 2 heterocycles. The highest BCUT2D eigenvalue weighted by Crippen LogP contribution is 2.20. The van der Waals surface area contributed by atoms with Crippen LogP contribution in [0.4, 0.5) is 0 Å². The number of aromatic amines is 1. The van der Waals surface area contributed by atoms with Gasteiger partial charge in [-0.2, -0.15) is 0 Å². The molecule has 20 N–H and O–H groups in total. The molecule has 0 radical (unpaired) electrons. The Labute approximate surface area is 440 Å². The highest BCUT2D eigenvalue weighted by molar-refractivity contribution is 5.98. The molecule has 1 aliphatic heterocycles. The number of hydrogen-bond donors (Lipinski definition) is 17. The molecular formula is C50H74N16O10. The fraction of sp³-hybridized carbons (Fsp3) is 0.500. The first kappa shape index (κ1) is 60.3. The second-order valence-electron chi connectivity index (χ2n) is 18.5. The molecule has 0 saturated carbocycles. The SMILES string of the molecule is CC(=O)N[C@@H](CCCNC(=N)N)C(=O)N[C@H]1CCC(=O)NCCC[C@@H](C(=O)O)NC(=O)[C@H](Cc2c[nH]c3ccccc23)NC(=O)C(CCCNC(=N)N)NC(=O)[C@@H](Cc2ccccc2)NC(=O)[C@H](CCCCN)NC1=O. The minimum atomic E-state index is -1.49. The lowest BCUT2D eigenvalue weighted by molar-refractivity contribution is -0.142. The van der Waals surface area contributed by atoms with Crippen LogP contribution >= 0.6 is 0 Å². The van der Waals surface area contributed by atoms with Crippen LogP contribution in [-0.2, 0) is 56.0 Å². The number of unbranched alkanes of at least 4 members (excludes halogenated alkanes) is 1. The number of aliphatic carboxylic acids is 1. The van der Waals surface area contributed by atoms with E-state index in [1.165, 1.54) is 6.92 Å². The van der Waals surface area contributed by atoms with Gasteiger partial charge in [-0.25, -0.2) is 4.79 Å². The van der Waals surface area contributed by atoms with E-state index in [4.69, 9.17) is 28.0 Å². The highest BCUT2D eigenvalue weighted by atomic mass is 16.4. The molecule has 1 unspecified atom stereocenters. The van der Waals surface area contributed by atoms with E-state index in [0.29, 0.717) is 24.0 Å². The average Bonchev–Trinajstić information content (AvgIpc) is 3.78. The summed E-state index contributed by atoms with van der Waals surface area (Å²) in [4.78, 5) is 127. The summed E-state index contributed by atoms with van der Waals surface area (Å²) in [6.07, 6.45) is 1.85. The number of amides is 8. The van der Waals surface area contributed by atoms with E-state index < -0.39 is 95.5 Å². The molecule has 8 amide bonds. The average molecular weight is 1060 g/mol. The number of fused-ring (bicyclic) bond motifs is 1. The molecular weight excluding hydrogens is 985 g/mol. The summed E-state index contributed by atoms with van der Waals surface area (Å²) in [6.45, 7) is 1.67. The van der Waals surface area contributed by atoms with Gasteiger partial charge in [-0.05, 0) is 87.9 Å². The number of hydrogen-bond acceptors (Lipinski definition) is 12. The maximum atomic E-state index is 14.6. The Morgan fingerprint density at radius 1 is 0.711 bits per heavy atom. The lowest BCUT2D eigenvalue weighted by atomic mass is 10.0. The van der Waals surface area contributed by atoms with E-state index in [1.54, 1.807) is 42.6 Å². The van der Waals surface area contributed by atoms with Crippen molar-refractivity contribution in [2.24, 2.45) is 17.2 Å². The fourth-order valence-corrected chi connectivity index (χ4v) is 8.45. The maximum Gasteiger partial charge on any atom is 0.326 e. The van der Waals surface area contributed by atoms with Crippen molar-refractivity contribution in [3.8, 4) is 0 Å². The Bertz CT molecular complexity index is 2490. The third-order valence-electron chi connectivity index (χ3n) is 12.4. The zero-order chi connectivity index (χ0) is 55.6. The third-order valence-corrected chi connectivity index (χ3v) is 12.4. The van der Waals surface area contributed by atoms with Crippen LogP contribution < -0.4 is 70.4 Å². The van der Waals surface area contributed by atoms with Gasteiger partial charge in [0.05, 0.1) is 0 Å². The van der Waals surface area contributed by atoms with E-state index in [1.807, 2.05) is 18.2 Å². The molecule has 0 spiro atoms. The summed E-state index contributed by atoms with van der Waals surface area (Å²) in [5.74, 6) is -8.18. The summed E-state index contributed by atoms with van der Waals surface area (Å²) >= 11 is 0. The number of carbonyl (C=O) groups is 9. The lowest BCUT2D eigenvalue weighted by Crippen LogP contribution is -2.60. The minimum absolute atomic E-state index is 0.0126. The summed E-state index contributed by atoms with van der Waals surface area (Å²) in [7, 11) is 0. The van der Waals surface area contributed by atoms with Gasteiger partial charge in [-0.15, -0.1) is 0 Å². The number of carboxylic acid groups (broad SMARTS) is 1. The number of carboxylic acids is 1. The summed E-state index contributed by atoms with van der Waals surface area (Å²) in [5.41, 5.74) is 18.7. The van der Waals surface area contributed by atoms with Crippen molar-refractivity contribution < 1.29 is 48.3 Å². The van der Waals surface area contributed by atoms with E-state index in [-0.39, 0.29) is 109 Å². The van der Waals surface area contributed by atoms with Crippen molar-refractivity contribution in [3.05, 3.63) is 71.9 Å². The molecule has 26 heteroatoms. The number of benzene rings is 2. The Hall–Kier alpha value is -8.29. The number of para-hydroxylation sites is 1. The van der Waals surface area contributed by atoms with Crippen molar-refractivity contribution in [1.82, 2.24) is 58.2 Å². The smallest absolute Gasteiger partial charge is 0.326 e. The number of nitrogens with two attached hydrogens (primary N) is 3. The zero-order valence-corrected chi connectivity index (χ0v) is 42.7. The highest BCUT2D eigenvalue weighted by Gasteiger charge is 2.35. The summed E-state index contributed by atoms with van der Waals surface area (Å²) < 4.78 is 0. The van der Waals surface area contributed by atoms with Crippen molar-refractivity contribution >= 4 is 76.0 Å². The van der Waals surface area contributed by atoms with Crippen LogP contribution in [0.3, 0.4) is 0 Å². The molecule has 76 heavy (non-hydrogen) atoms. The molecule has 26 nitrogen and oxygen atoms in total. The van der Waals surface area contributed by atoms with Crippen LogP contribution in [0.5, 0.6) is 0 Å². The first-order valence-electron chi connectivity index (χ1n) is 25.4. The summed E-state index contributed by atoms with van der Waals surface area (Å²) in [6, 6.07) is 6.24. The van der Waals surface area contributed by atoms with Crippen LogP contribution in [0.2, 0.25) is 0 Å². The Morgan fingerprint density at radius 3 is 1.93 bits per heavy atom. The molecule has 2 aromatic carbocycles. The van der Waals surface area contributed by atoms with Crippen molar-refractivity contribution in [2.75, 3.05) is 26.2 Å². The Morgan fingerprint density at radius 2 is 1.29 bits per heavy atom. The number of rotatable bonds is 20. The molecule has 7 atom stereocenters. The van der Waals surface area contributed by atoms with Gasteiger partial charge in [0.15, 0.2) is 11.9 Å². The molecule has 4 rings (SSSR count). The normalized spacial score (nSPS) is 21.0. The predicted octanol–water partition coefficient (Wildman–Crippen LogP) is -2.20. The van der Waals surface area contributed by atoms with E-state index in [9.17, 15) is 48.3 Å². The number of guanidine groups is 2. The van der Waals surface area contributed by atoms with Crippen LogP contribution in [0.1, 0.15) is 88.7 Å². The predicted molar refractivity (Wildman–Crippen MR) is 282 cm³/mol. The first-order valence-corrected chi connectivity index (χ1v) is 25.4. The van der Waals surface area contributed by atoms with Gasteiger partial charge in [-0.3, -0.25) is 49.2 Å². The number of carbonyl (C=O) groups excluding carboxylic acids is 8.